The largest absolute Gasteiger partial charge is 0.355 e. The van der Waals surface area contributed by atoms with Crippen molar-refractivity contribution in [3.05, 3.63) is 18.1 Å². The van der Waals surface area contributed by atoms with Gasteiger partial charge in [-0.15, -0.1) is 0 Å². The van der Waals surface area contributed by atoms with Crippen molar-refractivity contribution in [1.82, 2.24) is 9.97 Å². The van der Waals surface area contributed by atoms with Gasteiger partial charge in [-0.25, -0.2) is 9.97 Å². The lowest BCUT2D eigenvalue weighted by molar-refractivity contribution is 0.418. The first-order chi connectivity index (χ1) is 7.11. The summed E-state index contributed by atoms with van der Waals surface area (Å²) in [5.74, 6) is 0.875. The molecule has 1 aromatic rings. The van der Waals surface area contributed by atoms with Crippen LogP contribution in [0.4, 0.5) is 5.82 Å². The fourth-order valence-corrected chi connectivity index (χ4v) is 1.85. The Kier molecular flexibility index (Phi) is 2.31. The van der Waals surface area contributed by atoms with Crippen LogP contribution in [-0.4, -0.2) is 23.1 Å². The molecule has 0 saturated carbocycles. The van der Waals surface area contributed by atoms with Gasteiger partial charge in [0, 0.05) is 13.1 Å². The molecule has 0 bridgehead atoms. The molecule has 4 nitrogen and oxygen atoms in total. The summed E-state index contributed by atoms with van der Waals surface area (Å²) in [7, 11) is 0. The summed E-state index contributed by atoms with van der Waals surface area (Å²) < 4.78 is 0. The standard InChI is InChI=1S/C11H14N4/c1-11(2)3-4-15(8-11)10-7-13-9(5-12)6-14-10/h6-7H,3-4,8H2,1-2H3. The predicted octanol–water partition coefficient (Wildman–Crippen LogP) is 1.58. The fourth-order valence-electron chi connectivity index (χ4n) is 1.85. The highest BCUT2D eigenvalue weighted by atomic mass is 15.2. The molecule has 1 fully saturated rings. The summed E-state index contributed by atoms with van der Waals surface area (Å²) in [4.78, 5) is 10.5. The zero-order valence-electron chi connectivity index (χ0n) is 9.06. The maximum absolute atomic E-state index is 8.61. The van der Waals surface area contributed by atoms with Crippen LogP contribution in [0.5, 0.6) is 0 Å². The second-order valence-corrected chi connectivity index (χ2v) is 4.71. The third-order valence-corrected chi connectivity index (χ3v) is 2.75. The molecule has 0 spiro atoms. The second kappa shape index (κ2) is 3.50. The van der Waals surface area contributed by atoms with Gasteiger partial charge in [0.25, 0.3) is 0 Å². The van der Waals surface area contributed by atoms with E-state index in [2.05, 4.69) is 28.7 Å². The third kappa shape index (κ3) is 2.07. The van der Waals surface area contributed by atoms with E-state index >= 15 is 0 Å². The predicted molar refractivity (Wildman–Crippen MR) is 57.4 cm³/mol. The minimum atomic E-state index is 0.357. The van der Waals surface area contributed by atoms with Crippen molar-refractivity contribution in [3.63, 3.8) is 0 Å². The van der Waals surface area contributed by atoms with E-state index in [9.17, 15) is 0 Å². The summed E-state index contributed by atoms with van der Waals surface area (Å²) in [6.07, 6.45) is 4.38. The van der Waals surface area contributed by atoms with Gasteiger partial charge in [-0.3, -0.25) is 0 Å². The van der Waals surface area contributed by atoms with Gasteiger partial charge in [0.2, 0.25) is 0 Å². The Morgan fingerprint density at radius 2 is 2.20 bits per heavy atom. The molecule has 2 heterocycles. The van der Waals surface area contributed by atoms with E-state index in [1.165, 1.54) is 12.6 Å². The van der Waals surface area contributed by atoms with Gasteiger partial charge in [-0.2, -0.15) is 5.26 Å². The van der Waals surface area contributed by atoms with Crippen molar-refractivity contribution in [2.45, 2.75) is 20.3 Å². The van der Waals surface area contributed by atoms with Gasteiger partial charge in [0.15, 0.2) is 5.69 Å². The molecule has 15 heavy (non-hydrogen) atoms. The van der Waals surface area contributed by atoms with E-state index < -0.39 is 0 Å². The van der Waals surface area contributed by atoms with Crippen LogP contribution < -0.4 is 4.90 Å². The highest BCUT2D eigenvalue weighted by Gasteiger charge is 2.29. The van der Waals surface area contributed by atoms with E-state index in [1.54, 1.807) is 6.20 Å². The summed E-state index contributed by atoms with van der Waals surface area (Å²) in [5.41, 5.74) is 0.729. The van der Waals surface area contributed by atoms with E-state index in [4.69, 9.17) is 5.26 Å². The molecule has 0 aliphatic carbocycles. The number of anilines is 1. The van der Waals surface area contributed by atoms with Crippen LogP contribution in [-0.2, 0) is 0 Å². The van der Waals surface area contributed by atoms with Crippen LogP contribution in [0, 0.1) is 16.7 Å². The molecule has 78 valence electrons. The molecular weight excluding hydrogens is 188 g/mol. The minimum absolute atomic E-state index is 0.357. The summed E-state index contributed by atoms with van der Waals surface area (Å²) in [5, 5.41) is 8.61. The second-order valence-electron chi connectivity index (χ2n) is 4.71. The molecule has 0 amide bonds. The van der Waals surface area contributed by atoms with Crippen molar-refractivity contribution in [1.29, 1.82) is 5.26 Å². The Morgan fingerprint density at radius 3 is 2.67 bits per heavy atom. The molecule has 0 atom stereocenters. The lowest BCUT2D eigenvalue weighted by atomic mass is 9.93. The Labute approximate surface area is 89.6 Å². The minimum Gasteiger partial charge on any atom is -0.355 e. The smallest absolute Gasteiger partial charge is 0.158 e. The van der Waals surface area contributed by atoms with Crippen LogP contribution in [0.2, 0.25) is 0 Å². The monoisotopic (exact) mass is 202 g/mol. The highest BCUT2D eigenvalue weighted by Crippen LogP contribution is 2.31. The molecule has 2 rings (SSSR count). The normalized spacial score (nSPS) is 18.9. The molecule has 0 unspecified atom stereocenters. The van der Waals surface area contributed by atoms with Crippen molar-refractivity contribution in [3.8, 4) is 6.07 Å². The summed E-state index contributed by atoms with van der Waals surface area (Å²) >= 11 is 0. The van der Waals surface area contributed by atoms with Gasteiger partial charge >= 0.3 is 0 Å². The molecular formula is C11H14N4. The maximum atomic E-state index is 8.61. The number of nitriles is 1. The van der Waals surface area contributed by atoms with E-state index in [-0.39, 0.29) is 0 Å². The van der Waals surface area contributed by atoms with Gasteiger partial charge in [0.1, 0.15) is 11.9 Å². The van der Waals surface area contributed by atoms with E-state index in [0.717, 1.165) is 18.9 Å². The van der Waals surface area contributed by atoms with Crippen molar-refractivity contribution >= 4 is 5.82 Å². The Bertz CT molecular complexity index is 388. The first-order valence-corrected chi connectivity index (χ1v) is 5.08. The number of hydrogen-bond acceptors (Lipinski definition) is 4. The maximum Gasteiger partial charge on any atom is 0.158 e. The van der Waals surface area contributed by atoms with E-state index in [1.807, 2.05) is 6.07 Å². The van der Waals surface area contributed by atoms with Crippen LogP contribution in [0.3, 0.4) is 0 Å². The lowest BCUT2D eigenvalue weighted by Gasteiger charge is -2.20. The number of rotatable bonds is 1. The fraction of sp³-hybridized carbons (Fsp3) is 0.545. The average molecular weight is 202 g/mol. The molecule has 4 heteroatoms. The molecule has 1 aliphatic heterocycles. The topological polar surface area (TPSA) is 52.8 Å². The first-order valence-electron chi connectivity index (χ1n) is 5.08. The molecule has 0 aromatic carbocycles. The number of hydrogen-bond donors (Lipinski definition) is 0. The summed E-state index contributed by atoms with van der Waals surface area (Å²) in [6, 6.07) is 1.97. The zero-order chi connectivity index (χ0) is 10.9. The quantitative estimate of drug-likeness (QED) is 0.693. The molecule has 1 saturated heterocycles. The van der Waals surface area contributed by atoms with Crippen LogP contribution >= 0.6 is 0 Å². The zero-order valence-corrected chi connectivity index (χ0v) is 9.06. The number of aromatic nitrogens is 2. The molecule has 0 N–H and O–H groups in total. The van der Waals surface area contributed by atoms with Crippen molar-refractivity contribution < 1.29 is 0 Å². The lowest BCUT2D eigenvalue weighted by Crippen LogP contribution is -2.23. The van der Waals surface area contributed by atoms with Gasteiger partial charge in [-0.1, -0.05) is 13.8 Å². The first kappa shape index (κ1) is 9.91. The van der Waals surface area contributed by atoms with Crippen molar-refractivity contribution in [2.75, 3.05) is 18.0 Å². The summed E-state index contributed by atoms with van der Waals surface area (Å²) in [6.45, 7) is 6.54. The average Bonchev–Trinajstić information content (AvgIpc) is 2.59. The Hall–Kier alpha value is -1.63. The Balaban J connectivity index is 2.15. The third-order valence-electron chi connectivity index (χ3n) is 2.75. The van der Waals surface area contributed by atoms with Crippen LogP contribution in [0.1, 0.15) is 26.0 Å². The van der Waals surface area contributed by atoms with Crippen LogP contribution in [0.25, 0.3) is 0 Å². The number of nitrogens with zero attached hydrogens (tertiary/aromatic N) is 4. The van der Waals surface area contributed by atoms with Gasteiger partial charge in [-0.05, 0) is 11.8 Å². The molecule has 1 aromatic heterocycles. The molecule has 0 radical (unpaired) electrons. The van der Waals surface area contributed by atoms with Gasteiger partial charge in [0.05, 0.1) is 12.4 Å². The van der Waals surface area contributed by atoms with Crippen LogP contribution in [0.15, 0.2) is 12.4 Å². The molecule has 1 aliphatic rings. The Morgan fingerprint density at radius 1 is 1.40 bits per heavy atom. The van der Waals surface area contributed by atoms with Gasteiger partial charge < -0.3 is 4.90 Å². The highest BCUT2D eigenvalue weighted by molar-refractivity contribution is 5.39. The van der Waals surface area contributed by atoms with E-state index in [0.29, 0.717) is 11.1 Å². The van der Waals surface area contributed by atoms with Crippen molar-refractivity contribution in [2.24, 2.45) is 5.41 Å². The SMILES string of the molecule is CC1(C)CCN(c2cnc(C#N)cn2)C1.